The van der Waals surface area contributed by atoms with E-state index >= 15 is 0 Å². The van der Waals surface area contributed by atoms with Crippen LogP contribution < -0.4 is 5.73 Å². The van der Waals surface area contributed by atoms with Crippen LogP contribution in [0.15, 0.2) is 18.2 Å². The lowest BCUT2D eigenvalue weighted by Crippen LogP contribution is -2.41. The predicted molar refractivity (Wildman–Crippen MR) is 69.6 cm³/mol. The lowest BCUT2D eigenvalue weighted by molar-refractivity contribution is -0.129. The third kappa shape index (κ3) is 3.00. The van der Waals surface area contributed by atoms with Crippen molar-refractivity contribution >= 4 is 5.78 Å². The maximum absolute atomic E-state index is 13.6. The van der Waals surface area contributed by atoms with E-state index in [1.54, 1.807) is 0 Å². The topological polar surface area (TPSA) is 43.1 Å². The maximum atomic E-state index is 13.6. The summed E-state index contributed by atoms with van der Waals surface area (Å²) in [7, 11) is 0. The van der Waals surface area contributed by atoms with Gasteiger partial charge < -0.3 is 5.73 Å². The van der Waals surface area contributed by atoms with Gasteiger partial charge in [0.25, 0.3) is 0 Å². The van der Waals surface area contributed by atoms with Crippen molar-refractivity contribution in [3.63, 3.8) is 0 Å². The Bertz CT molecular complexity index is 467. The van der Waals surface area contributed by atoms with Crippen LogP contribution in [0.25, 0.3) is 0 Å². The van der Waals surface area contributed by atoms with Crippen molar-refractivity contribution in [2.75, 3.05) is 6.54 Å². The molecule has 0 amide bonds. The summed E-state index contributed by atoms with van der Waals surface area (Å²) in [5.41, 5.74) is 5.53. The smallest absolute Gasteiger partial charge is 0.144 e. The van der Waals surface area contributed by atoms with E-state index in [2.05, 4.69) is 0 Å². The first-order chi connectivity index (χ1) is 9.07. The number of Topliss-reactive ketones (excluding diaryl/α,β-unsaturated/α-hetero) is 1. The van der Waals surface area contributed by atoms with E-state index in [4.69, 9.17) is 5.73 Å². The van der Waals surface area contributed by atoms with E-state index in [0.717, 1.165) is 38.2 Å². The second-order valence-corrected chi connectivity index (χ2v) is 5.38. The Labute approximate surface area is 112 Å². The molecule has 4 heteroatoms. The molecule has 0 heterocycles. The maximum Gasteiger partial charge on any atom is 0.144 e. The van der Waals surface area contributed by atoms with Crippen molar-refractivity contribution in [3.8, 4) is 0 Å². The first kappa shape index (κ1) is 14.1. The van der Waals surface area contributed by atoms with E-state index < -0.39 is 17.0 Å². The molecule has 2 rings (SSSR count). The zero-order valence-electron chi connectivity index (χ0n) is 10.9. The third-order valence-corrected chi connectivity index (χ3v) is 4.16. The van der Waals surface area contributed by atoms with Gasteiger partial charge >= 0.3 is 0 Å². The summed E-state index contributed by atoms with van der Waals surface area (Å²) in [5, 5.41) is 0. The van der Waals surface area contributed by atoms with Crippen LogP contribution in [-0.2, 0) is 11.2 Å². The molecule has 104 valence electrons. The number of rotatable bonds is 4. The summed E-state index contributed by atoms with van der Waals surface area (Å²) in [4.78, 5) is 12.4. The predicted octanol–water partition coefficient (Wildman–Crippen LogP) is 2.99. The molecule has 0 aliphatic heterocycles. The molecular formula is C15H19F2NO. The highest BCUT2D eigenvalue weighted by Gasteiger charge is 2.37. The Morgan fingerprint density at radius 2 is 1.89 bits per heavy atom. The highest BCUT2D eigenvalue weighted by molar-refractivity contribution is 5.87. The fraction of sp³-hybridized carbons (Fsp3) is 0.533. The zero-order chi connectivity index (χ0) is 13.9. The fourth-order valence-corrected chi connectivity index (χ4v) is 2.85. The molecule has 0 atom stereocenters. The van der Waals surface area contributed by atoms with Crippen molar-refractivity contribution in [1.29, 1.82) is 0 Å². The van der Waals surface area contributed by atoms with Crippen molar-refractivity contribution in [1.82, 2.24) is 0 Å². The molecule has 1 aromatic carbocycles. The Morgan fingerprint density at radius 1 is 1.21 bits per heavy atom. The van der Waals surface area contributed by atoms with Gasteiger partial charge in [0.05, 0.1) is 0 Å². The minimum Gasteiger partial charge on any atom is -0.329 e. The number of carbonyl (C=O) groups excluding carboxylic acids is 1. The lowest BCUT2D eigenvalue weighted by Gasteiger charge is -2.34. The average molecular weight is 267 g/mol. The first-order valence-electron chi connectivity index (χ1n) is 6.75. The molecule has 0 aromatic heterocycles. The average Bonchev–Trinajstić information content (AvgIpc) is 2.42. The van der Waals surface area contributed by atoms with Gasteiger partial charge in [0.1, 0.15) is 17.4 Å². The molecule has 2 nitrogen and oxygen atoms in total. The van der Waals surface area contributed by atoms with E-state index in [-0.39, 0.29) is 17.8 Å². The second kappa shape index (κ2) is 5.78. The van der Waals surface area contributed by atoms with Crippen LogP contribution in [0.1, 0.15) is 37.7 Å². The van der Waals surface area contributed by atoms with Gasteiger partial charge in [-0.1, -0.05) is 25.3 Å². The van der Waals surface area contributed by atoms with Crippen molar-refractivity contribution in [2.24, 2.45) is 11.1 Å². The fourth-order valence-electron chi connectivity index (χ4n) is 2.85. The molecule has 1 fully saturated rings. The van der Waals surface area contributed by atoms with Crippen LogP contribution in [0.4, 0.5) is 8.78 Å². The quantitative estimate of drug-likeness (QED) is 0.911. The summed E-state index contributed by atoms with van der Waals surface area (Å²) in [6, 6.07) is 3.34. The summed E-state index contributed by atoms with van der Waals surface area (Å²) < 4.78 is 26.4. The van der Waals surface area contributed by atoms with E-state index in [1.165, 1.54) is 12.1 Å². The van der Waals surface area contributed by atoms with Gasteiger partial charge in [0.15, 0.2) is 0 Å². The van der Waals surface area contributed by atoms with Crippen LogP contribution in [0, 0.1) is 17.0 Å². The Hall–Kier alpha value is -1.29. The van der Waals surface area contributed by atoms with Crippen molar-refractivity contribution in [3.05, 3.63) is 35.4 Å². The molecule has 0 bridgehead atoms. The lowest BCUT2D eigenvalue weighted by atomic mass is 9.70. The molecule has 0 radical (unpaired) electrons. The molecule has 2 N–H and O–H groups in total. The Kier molecular flexibility index (Phi) is 4.30. The number of halogens is 2. The van der Waals surface area contributed by atoms with Gasteiger partial charge in [0, 0.05) is 24.4 Å². The second-order valence-electron chi connectivity index (χ2n) is 5.38. The minimum atomic E-state index is -0.656. The number of hydrogen-bond donors (Lipinski definition) is 1. The van der Waals surface area contributed by atoms with Crippen LogP contribution >= 0.6 is 0 Å². The van der Waals surface area contributed by atoms with Gasteiger partial charge in [-0.2, -0.15) is 0 Å². The normalized spacial score (nSPS) is 18.3. The molecule has 1 saturated carbocycles. The van der Waals surface area contributed by atoms with Gasteiger partial charge in [-0.25, -0.2) is 8.78 Å². The summed E-state index contributed by atoms with van der Waals surface area (Å²) in [5.74, 6) is -1.29. The molecular weight excluding hydrogens is 248 g/mol. The number of hydrogen-bond acceptors (Lipinski definition) is 2. The highest BCUT2D eigenvalue weighted by Crippen LogP contribution is 2.37. The van der Waals surface area contributed by atoms with Crippen molar-refractivity contribution < 1.29 is 13.6 Å². The highest BCUT2D eigenvalue weighted by atomic mass is 19.1. The summed E-state index contributed by atoms with van der Waals surface area (Å²) in [6.45, 7) is 0.314. The van der Waals surface area contributed by atoms with Gasteiger partial charge in [0.2, 0.25) is 0 Å². The molecule has 19 heavy (non-hydrogen) atoms. The molecule has 1 aliphatic carbocycles. The molecule has 0 unspecified atom stereocenters. The summed E-state index contributed by atoms with van der Waals surface area (Å²) in [6.07, 6.45) is 4.68. The zero-order valence-corrected chi connectivity index (χ0v) is 10.9. The molecule has 1 aromatic rings. The Balaban J connectivity index is 2.15. The van der Waals surface area contributed by atoms with E-state index in [1.807, 2.05) is 0 Å². The van der Waals surface area contributed by atoms with Crippen LogP contribution in [0.5, 0.6) is 0 Å². The van der Waals surface area contributed by atoms with Crippen molar-refractivity contribution in [2.45, 2.75) is 38.5 Å². The Morgan fingerprint density at radius 3 is 2.47 bits per heavy atom. The summed E-state index contributed by atoms with van der Waals surface area (Å²) >= 11 is 0. The van der Waals surface area contributed by atoms with E-state index in [9.17, 15) is 13.6 Å². The molecule has 0 spiro atoms. The standard InChI is InChI=1S/C15H19F2NO/c16-12-5-4-11(13(17)9-12)8-14(19)15(10-18)6-2-1-3-7-15/h4-5,9H,1-3,6-8,10,18H2. The van der Waals surface area contributed by atoms with Crippen LogP contribution in [0.2, 0.25) is 0 Å². The van der Waals surface area contributed by atoms with E-state index in [0.29, 0.717) is 6.54 Å². The first-order valence-corrected chi connectivity index (χ1v) is 6.75. The molecule has 1 aliphatic rings. The number of carbonyl (C=O) groups is 1. The SMILES string of the molecule is NCC1(C(=O)Cc2ccc(F)cc2F)CCCCC1. The monoisotopic (exact) mass is 267 g/mol. The van der Waals surface area contributed by atoms with Gasteiger partial charge in [-0.15, -0.1) is 0 Å². The number of ketones is 1. The van der Waals surface area contributed by atoms with Gasteiger partial charge in [-0.3, -0.25) is 4.79 Å². The molecule has 0 saturated heterocycles. The third-order valence-electron chi connectivity index (χ3n) is 4.16. The number of nitrogens with two attached hydrogens (primary N) is 1. The van der Waals surface area contributed by atoms with Crippen LogP contribution in [0.3, 0.4) is 0 Å². The number of benzene rings is 1. The van der Waals surface area contributed by atoms with Crippen LogP contribution in [-0.4, -0.2) is 12.3 Å². The van der Waals surface area contributed by atoms with Gasteiger partial charge in [-0.05, 0) is 24.5 Å². The minimum absolute atomic E-state index is 0.00329. The largest absolute Gasteiger partial charge is 0.329 e.